The van der Waals surface area contributed by atoms with Crippen LogP contribution in [0.2, 0.25) is 0 Å². The van der Waals surface area contributed by atoms with Crippen molar-refractivity contribution in [3.05, 3.63) is 51.5 Å². The highest BCUT2D eigenvalue weighted by Gasteiger charge is 2.09. The van der Waals surface area contributed by atoms with Crippen molar-refractivity contribution in [3.8, 4) is 0 Å². The number of nitrogens with zero attached hydrogens (tertiary/aromatic N) is 1. The van der Waals surface area contributed by atoms with Crippen LogP contribution < -0.4 is 5.32 Å². The Balaban J connectivity index is 1.97. The van der Waals surface area contributed by atoms with Gasteiger partial charge in [-0.2, -0.15) is 0 Å². The van der Waals surface area contributed by atoms with E-state index < -0.39 is 0 Å². The van der Waals surface area contributed by atoms with Crippen LogP contribution in [0.25, 0.3) is 0 Å². The summed E-state index contributed by atoms with van der Waals surface area (Å²) in [6.45, 7) is 4.40. The van der Waals surface area contributed by atoms with Crippen molar-refractivity contribution in [2.75, 3.05) is 0 Å². The van der Waals surface area contributed by atoms with E-state index in [2.05, 4.69) is 10.3 Å². The highest BCUT2D eigenvalue weighted by Crippen LogP contribution is 2.15. The summed E-state index contributed by atoms with van der Waals surface area (Å²) < 4.78 is 0. The molecule has 1 N–H and O–H groups in total. The van der Waals surface area contributed by atoms with Crippen molar-refractivity contribution < 1.29 is 4.79 Å². The van der Waals surface area contributed by atoms with Crippen LogP contribution in [-0.4, -0.2) is 10.9 Å². The molecule has 0 bridgehead atoms. The Labute approximate surface area is 105 Å². The lowest BCUT2D eigenvalue weighted by atomic mass is 10.2. The number of hydrogen-bond acceptors (Lipinski definition) is 3. The molecule has 0 unspecified atom stereocenters. The lowest BCUT2D eigenvalue weighted by Crippen LogP contribution is -2.22. The third kappa shape index (κ3) is 2.91. The minimum Gasteiger partial charge on any atom is -0.347 e. The van der Waals surface area contributed by atoms with Gasteiger partial charge in [0.1, 0.15) is 0 Å². The quantitative estimate of drug-likeness (QED) is 0.904. The third-order valence-corrected chi connectivity index (χ3v) is 3.51. The molecule has 0 aliphatic carbocycles. The number of thiophene rings is 1. The van der Waals surface area contributed by atoms with Crippen LogP contribution >= 0.6 is 11.3 Å². The molecule has 2 rings (SSSR count). The molecule has 17 heavy (non-hydrogen) atoms. The number of amides is 1. The molecule has 0 saturated carbocycles. The fourth-order valence-electron chi connectivity index (χ4n) is 1.47. The number of nitrogens with one attached hydrogen (secondary N) is 1. The number of aromatic nitrogens is 1. The maximum Gasteiger partial charge on any atom is 0.261 e. The van der Waals surface area contributed by atoms with Gasteiger partial charge >= 0.3 is 0 Å². The summed E-state index contributed by atoms with van der Waals surface area (Å²) >= 11 is 1.47. The SMILES string of the molecule is Cc1ccc(CNC(=O)c2sccc2C)cn1. The molecule has 0 saturated heterocycles. The topological polar surface area (TPSA) is 42.0 Å². The van der Waals surface area contributed by atoms with Gasteiger partial charge in [-0.15, -0.1) is 11.3 Å². The third-order valence-electron chi connectivity index (χ3n) is 2.49. The first-order chi connectivity index (χ1) is 8.16. The second kappa shape index (κ2) is 5.10. The number of pyridine rings is 1. The molecular weight excluding hydrogens is 232 g/mol. The van der Waals surface area contributed by atoms with Crippen molar-refractivity contribution in [2.45, 2.75) is 20.4 Å². The van der Waals surface area contributed by atoms with E-state index in [-0.39, 0.29) is 5.91 Å². The van der Waals surface area contributed by atoms with Crippen molar-refractivity contribution in [3.63, 3.8) is 0 Å². The molecule has 0 spiro atoms. The summed E-state index contributed by atoms with van der Waals surface area (Å²) in [4.78, 5) is 16.8. The fraction of sp³-hybridized carbons (Fsp3) is 0.231. The van der Waals surface area contributed by atoms with Gasteiger partial charge in [-0.3, -0.25) is 9.78 Å². The van der Waals surface area contributed by atoms with Gasteiger partial charge < -0.3 is 5.32 Å². The number of carbonyl (C=O) groups is 1. The van der Waals surface area contributed by atoms with Gasteiger partial charge in [-0.05, 0) is 42.5 Å². The van der Waals surface area contributed by atoms with Crippen LogP contribution in [0.4, 0.5) is 0 Å². The van der Waals surface area contributed by atoms with Gasteiger partial charge in [-0.1, -0.05) is 6.07 Å². The molecular formula is C13H14N2OS. The molecule has 0 fully saturated rings. The highest BCUT2D eigenvalue weighted by atomic mass is 32.1. The van der Waals surface area contributed by atoms with Crippen molar-refractivity contribution in [1.82, 2.24) is 10.3 Å². The fourth-order valence-corrected chi connectivity index (χ4v) is 2.31. The maximum atomic E-state index is 11.8. The van der Waals surface area contributed by atoms with E-state index in [0.29, 0.717) is 6.54 Å². The van der Waals surface area contributed by atoms with E-state index >= 15 is 0 Å². The van der Waals surface area contributed by atoms with E-state index in [1.807, 2.05) is 37.4 Å². The smallest absolute Gasteiger partial charge is 0.261 e. The van der Waals surface area contributed by atoms with Crippen LogP contribution in [-0.2, 0) is 6.54 Å². The number of aryl methyl sites for hydroxylation is 2. The van der Waals surface area contributed by atoms with Gasteiger partial charge in [0.2, 0.25) is 0 Å². The summed E-state index contributed by atoms with van der Waals surface area (Å²) in [5, 5.41) is 4.82. The van der Waals surface area contributed by atoms with Gasteiger partial charge in [0.25, 0.3) is 5.91 Å². The van der Waals surface area contributed by atoms with Gasteiger partial charge in [0.05, 0.1) is 4.88 Å². The van der Waals surface area contributed by atoms with Crippen LogP contribution in [0.15, 0.2) is 29.8 Å². The first-order valence-electron chi connectivity index (χ1n) is 5.40. The highest BCUT2D eigenvalue weighted by molar-refractivity contribution is 7.12. The molecule has 2 heterocycles. The summed E-state index contributed by atoms with van der Waals surface area (Å²) in [5.41, 5.74) is 3.02. The number of rotatable bonds is 3. The number of hydrogen-bond donors (Lipinski definition) is 1. The average molecular weight is 246 g/mol. The molecule has 88 valence electrons. The second-order valence-electron chi connectivity index (χ2n) is 3.92. The molecule has 0 aromatic carbocycles. The average Bonchev–Trinajstić information content (AvgIpc) is 2.74. The monoisotopic (exact) mass is 246 g/mol. The van der Waals surface area contributed by atoms with Crippen LogP contribution in [0.3, 0.4) is 0 Å². The standard InChI is InChI=1S/C13H14N2OS/c1-9-5-6-17-12(9)13(16)15-8-11-4-3-10(2)14-7-11/h3-7H,8H2,1-2H3,(H,15,16). The van der Waals surface area contributed by atoms with E-state index in [0.717, 1.165) is 21.7 Å². The zero-order chi connectivity index (χ0) is 12.3. The van der Waals surface area contributed by atoms with Crippen LogP contribution in [0, 0.1) is 13.8 Å². The van der Waals surface area contributed by atoms with Gasteiger partial charge in [0.15, 0.2) is 0 Å². The Morgan fingerprint density at radius 1 is 1.35 bits per heavy atom. The van der Waals surface area contributed by atoms with Crippen LogP contribution in [0.5, 0.6) is 0 Å². The van der Waals surface area contributed by atoms with E-state index in [4.69, 9.17) is 0 Å². The predicted molar refractivity (Wildman–Crippen MR) is 69.2 cm³/mol. The molecule has 0 aliphatic heterocycles. The Kier molecular flexibility index (Phi) is 3.54. The van der Waals surface area contributed by atoms with Crippen molar-refractivity contribution in [2.24, 2.45) is 0 Å². The maximum absolute atomic E-state index is 11.8. The molecule has 0 radical (unpaired) electrons. The summed E-state index contributed by atoms with van der Waals surface area (Å²) in [5.74, 6) is -0.0157. The Hall–Kier alpha value is -1.68. The van der Waals surface area contributed by atoms with Crippen molar-refractivity contribution in [1.29, 1.82) is 0 Å². The molecule has 1 amide bonds. The van der Waals surface area contributed by atoms with E-state index in [1.54, 1.807) is 6.20 Å². The second-order valence-corrected chi connectivity index (χ2v) is 4.84. The Morgan fingerprint density at radius 3 is 2.76 bits per heavy atom. The Morgan fingerprint density at radius 2 is 2.18 bits per heavy atom. The summed E-state index contributed by atoms with van der Waals surface area (Å²) in [7, 11) is 0. The molecule has 4 heteroatoms. The zero-order valence-electron chi connectivity index (χ0n) is 9.86. The first kappa shape index (κ1) is 11.8. The first-order valence-corrected chi connectivity index (χ1v) is 6.28. The normalized spacial score (nSPS) is 10.2. The lowest BCUT2D eigenvalue weighted by Gasteiger charge is -2.04. The van der Waals surface area contributed by atoms with Gasteiger partial charge in [-0.25, -0.2) is 0 Å². The summed E-state index contributed by atoms with van der Waals surface area (Å²) in [6.07, 6.45) is 1.79. The van der Waals surface area contributed by atoms with E-state index in [9.17, 15) is 4.79 Å². The predicted octanol–water partition coefficient (Wildman–Crippen LogP) is 2.69. The largest absolute Gasteiger partial charge is 0.347 e. The van der Waals surface area contributed by atoms with Crippen molar-refractivity contribution >= 4 is 17.2 Å². The van der Waals surface area contributed by atoms with Gasteiger partial charge in [0, 0.05) is 18.4 Å². The molecule has 2 aromatic rings. The molecule has 2 aromatic heterocycles. The zero-order valence-corrected chi connectivity index (χ0v) is 10.7. The lowest BCUT2D eigenvalue weighted by molar-refractivity contribution is 0.0954. The minimum atomic E-state index is -0.0157. The van der Waals surface area contributed by atoms with E-state index in [1.165, 1.54) is 11.3 Å². The molecule has 3 nitrogen and oxygen atoms in total. The Bertz CT molecular complexity index is 516. The molecule has 0 aliphatic rings. The number of carbonyl (C=O) groups excluding carboxylic acids is 1. The molecule has 0 atom stereocenters. The summed E-state index contributed by atoms with van der Waals surface area (Å²) in [6, 6.07) is 5.87. The minimum absolute atomic E-state index is 0.0157. The van der Waals surface area contributed by atoms with Crippen LogP contribution in [0.1, 0.15) is 26.5 Å².